The van der Waals surface area contributed by atoms with Crippen molar-refractivity contribution in [2.45, 2.75) is 76.8 Å². The normalized spacial score (nSPS) is 15.3. The van der Waals surface area contributed by atoms with Crippen LogP contribution in [-0.4, -0.2) is 59.2 Å². The third-order valence-electron chi connectivity index (χ3n) is 7.58. The number of nitrogens with one attached hydrogen (secondary N) is 3. The highest BCUT2D eigenvalue weighted by Crippen LogP contribution is 2.28. The van der Waals surface area contributed by atoms with Gasteiger partial charge in [-0.15, -0.1) is 0 Å². The summed E-state index contributed by atoms with van der Waals surface area (Å²) >= 11 is 1.12. The highest BCUT2D eigenvalue weighted by Gasteiger charge is 2.25. The van der Waals surface area contributed by atoms with Gasteiger partial charge in [0.05, 0.1) is 4.70 Å². The fourth-order valence-corrected chi connectivity index (χ4v) is 6.39. The minimum Gasteiger partial charge on any atom is -0.506 e. The number of aromatic amines is 1. The van der Waals surface area contributed by atoms with Gasteiger partial charge in [-0.2, -0.15) is 0 Å². The summed E-state index contributed by atoms with van der Waals surface area (Å²) < 4.78 is 14.2. The number of hydrogen-bond donors (Lipinski definition) is 4. The number of halogens is 1. The lowest BCUT2D eigenvalue weighted by atomic mass is 10.1. The van der Waals surface area contributed by atoms with E-state index in [0.29, 0.717) is 38.1 Å². The summed E-state index contributed by atoms with van der Waals surface area (Å²) in [6, 6.07) is 10.6. The lowest BCUT2D eigenvalue weighted by Gasteiger charge is -2.34. The molecule has 9 heteroatoms. The van der Waals surface area contributed by atoms with Crippen molar-refractivity contribution in [1.82, 2.24) is 20.5 Å². The third kappa shape index (κ3) is 8.62. The maximum absolute atomic E-state index is 13.4. The van der Waals surface area contributed by atoms with Crippen molar-refractivity contribution in [3.05, 3.63) is 63.0 Å². The minimum absolute atomic E-state index is 0.0921. The van der Waals surface area contributed by atoms with Crippen LogP contribution in [0, 0.1) is 5.82 Å². The number of fused-ring (bicyclic) bond motifs is 1. The molecule has 0 radical (unpaired) electrons. The number of aromatic nitrogens is 1. The molecule has 1 saturated carbocycles. The summed E-state index contributed by atoms with van der Waals surface area (Å²) in [6.07, 6.45) is 8.82. The number of thiazole rings is 1. The van der Waals surface area contributed by atoms with Gasteiger partial charge in [0, 0.05) is 31.6 Å². The fraction of sp³-hybridized carbons (Fsp3) is 0.533. The van der Waals surface area contributed by atoms with Crippen LogP contribution in [0.5, 0.6) is 5.75 Å². The number of amides is 1. The molecule has 0 bridgehead atoms. The quantitative estimate of drug-likeness (QED) is 0.180. The van der Waals surface area contributed by atoms with Crippen molar-refractivity contribution in [1.29, 1.82) is 0 Å². The molecule has 1 unspecified atom stereocenters. The summed E-state index contributed by atoms with van der Waals surface area (Å²) in [5, 5.41) is 17.0. The summed E-state index contributed by atoms with van der Waals surface area (Å²) in [7, 11) is 0. The third-order valence-corrected chi connectivity index (χ3v) is 8.54. The predicted molar refractivity (Wildman–Crippen MR) is 156 cm³/mol. The van der Waals surface area contributed by atoms with Gasteiger partial charge < -0.3 is 25.6 Å². The monoisotopic (exact) mass is 556 g/mol. The van der Waals surface area contributed by atoms with Gasteiger partial charge in [0.1, 0.15) is 17.1 Å². The Labute approximate surface area is 233 Å². The van der Waals surface area contributed by atoms with Gasteiger partial charge in [-0.3, -0.25) is 9.59 Å². The first kappa shape index (κ1) is 29.2. The Hall–Kier alpha value is -2.75. The number of carbonyl (C=O) groups excluding carboxylic acids is 1. The van der Waals surface area contributed by atoms with E-state index >= 15 is 0 Å². The van der Waals surface area contributed by atoms with Crippen molar-refractivity contribution in [3.63, 3.8) is 0 Å². The molecule has 1 aliphatic rings. The fourth-order valence-electron chi connectivity index (χ4n) is 5.50. The van der Waals surface area contributed by atoms with Gasteiger partial charge in [0.2, 0.25) is 5.91 Å². The van der Waals surface area contributed by atoms with Crippen LogP contribution < -0.4 is 15.5 Å². The molecule has 1 amide bonds. The molecule has 1 heterocycles. The molecule has 212 valence electrons. The average molecular weight is 557 g/mol. The molecular formula is C30H41FN4O3S. The van der Waals surface area contributed by atoms with E-state index in [9.17, 15) is 19.1 Å². The van der Waals surface area contributed by atoms with Crippen molar-refractivity contribution in [2.75, 3.05) is 26.2 Å². The maximum Gasteiger partial charge on any atom is 0.305 e. The topological polar surface area (TPSA) is 97.5 Å². The number of rotatable bonds is 13. The lowest BCUT2D eigenvalue weighted by molar-refractivity contribution is -0.134. The van der Waals surface area contributed by atoms with E-state index in [1.165, 1.54) is 31.7 Å². The number of benzene rings is 2. The molecule has 1 fully saturated rings. The molecule has 1 aromatic heterocycles. The zero-order chi connectivity index (χ0) is 27.6. The standard InChI is InChI=1S/C30H41FN4O3S/c1-21(33-18-14-23-11-12-26(36)28-29(23)39-30(38)34-28)20-35(25-9-4-2-3-5-10-25)27(37)15-17-32-16-13-22-7-6-8-24(31)19-22/h6-8,11-12,19,21,25,32-33,36H,2-5,9-10,13-18,20H2,1H3,(H,34,38). The van der Waals surface area contributed by atoms with Gasteiger partial charge in [0.15, 0.2) is 0 Å². The van der Waals surface area contributed by atoms with Crippen LogP contribution >= 0.6 is 11.3 Å². The Morgan fingerprint density at radius 3 is 2.69 bits per heavy atom. The Morgan fingerprint density at radius 2 is 1.92 bits per heavy atom. The van der Waals surface area contributed by atoms with E-state index < -0.39 is 0 Å². The number of hydrogen-bond acceptors (Lipinski definition) is 6. The number of aromatic hydroxyl groups is 1. The van der Waals surface area contributed by atoms with Crippen molar-refractivity contribution < 1.29 is 14.3 Å². The first-order valence-electron chi connectivity index (χ1n) is 14.2. The Morgan fingerprint density at radius 1 is 1.13 bits per heavy atom. The van der Waals surface area contributed by atoms with Gasteiger partial charge in [-0.1, -0.05) is 55.2 Å². The molecule has 4 N–H and O–H groups in total. The van der Waals surface area contributed by atoms with E-state index in [0.717, 1.165) is 52.8 Å². The molecule has 7 nitrogen and oxygen atoms in total. The molecule has 39 heavy (non-hydrogen) atoms. The van der Waals surface area contributed by atoms with E-state index in [1.807, 2.05) is 12.1 Å². The van der Waals surface area contributed by atoms with Crippen molar-refractivity contribution in [3.8, 4) is 5.75 Å². The number of H-pyrrole nitrogens is 1. The average Bonchev–Trinajstić information content (AvgIpc) is 3.12. The van der Waals surface area contributed by atoms with Crippen LogP contribution in [0.4, 0.5) is 4.39 Å². The molecule has 1 atom stereocenters. The Balaban J connectivity index is 1.28. The van der Waals surface area contributed by atoms with Gasteiger partial charge in [-0.25, -0.2) is 4.39 Å². The van der Waals surface area contributed by atoms with Crippen LogP contribution in [-0.2, 0) is 17.6 Å². The number of carbonyl (C=O) groups is 1. The SMILES string of the molecule is CC(CN(C(=O)CCNCCc1cccc(F)c1)C1CCCCCC1)NCCc1ccc(O)c2[nH]c(=O)sc12. The number of phenols is 1. The molecule has 0 spiro atoms. The Kier molecular flexibility index (Phi) is 10.9. The summed E-state index contributed by atoms with van der Waals surface area (Å²) in [5.74, 6) is 0.0583. The highest BCUT2D eigenvalue weighted by molar-refractivity contribution is 7.16. The second-order valence-electron chi connectivity index (χ2n) is 10.6. The number of nitrogens with zero attached hydrogens (tertiary/aromatic N) is 1. The van der Waals surface area contributed by atoms with E-state index in [2.05, 4.69) is 27.4 Å². The predicted octanol–water partition coefficient (Wildman–Crippen LogP) is 4.73. The highest BCUT2D eigenvalue weighted by atomic mass is 32.1. The van der Waals surface area contributed by atoms with Gasteiger partial charge in [0.25, 0.3) is 0 Å². The van der Waals surface area contributed by atoms with E-state index in [1.54, 1.807) is 18.2 Å². The van der Waals surface area contributed by atoms with Crippen LogP contribution in [0.1, 0.15) is 63.0 Å². The van der Waals surface area contributed by atoms with Crippen LogP contribution in [0.2, 0.25) is 0 Å². The van der Waals surface area contributed by atoms with Crippen molar-refractivity contribution in [2.24, 2.45) is 0 Å². The van der Waals surface area contributed by atoms with E-state index in [4.69, 9.17) is 0 Å². The van der Waals surface area contributed by atoms with Crippen LogP contribution in [0.15, 0.2) is 41.2 Å². The molecule has 2 aromatic carbocycles. The first-order valence-corrected chi connectivity index (χ1v) is 15.0. The van der Waals surface area contributed by atoms with Gasteiger partial charge >= 0.3 is 4.87 Å². The summed E-state index contributed by atoms with van der Waals surface area (Å²) in [4.78, 5) is 29.8. The summed E-state index contributed by atoms with van der Waals surface area (Å²) in [6.45, 7) is 4.81. The minimum atomic E-state index is -0.220. The number of phenolic OH excluding ortho intramolecular Hbond substituents is 1. The first-order chi connectivity index (χ1) is 18.9. The molecule has 0 aliphatic heterocycles. The van der Waals surface area contributed by atoms with E-state index in [-0.39, 0.29) is 34.4 Å². The zero-order valence-corrected chi connectivity index (χ0v) is 23.6. The maximum atomic E-state index is 13.4. The second kappa shape index (κ2) is 14.6. The molecule has 4 rings (SSSR count). The zero-order valence-electron chi connectivity index (χ0n) is 22.8. The summed E-state index contributed by atoms with van der Waals surface area (Å²) in [5.41, 5.74) is 2.48. The molecule has 1 aliphatic carbocycles. The smallest absolute Gasteiger partial charge is 0.305 e. The molecular weight excluding hydrogens is 515 g/mol. The second-order valence-corrected chi connectivity index (χ2v) is 11.6. The van der Waals surface area contributed by atoms with Crippen LogP contribution in [0.3, 0.4) is 0 Å². The van der Waals surface area contributed by atoms with Gasteiger partial charge in [-0.05, 0) is 75.0 Å². The van der Waals surface area contributed by atoms with Crippen molar-refractivity contribution >= 4 is 27.5 Å². The Bertz CT molecular complexity index is 1270. The lowest BCUT2D eigenvalue weighted by Crippen LogP contribution is -2.48. The van der Waals surface area contributed by atoms with Crippen LogP contribution in [0.25, 0.3) is 10.2 Å². The molecule has 3 aromatic rings. The molecule has 0 saturated heterocycles. The largest absolute Gasteiger partial charge is 0.506 e.